The van der Waals surface area contributed by atoms with E-state index in [4.69, 9.17) is 4.74 Å². The predicted molar refractivity (Wildman–Crippen MR) is 59.7 cm³/mol. The van der Waals surface area contributed by atoms with Gasteiger partial charge in [-0.25, -0.2) is 0 Å². The van der Waals surface area contributed by atoms with Crippen molar-refractivity contribution in [3.05, 3.63) is 0 Å². The minimum absolute atomic E-state index is 0.0224. The van der Waals surface area contributed by atoms with E-state index in [-0.39, 0.29) is 12.5 Å². The molecule has 1 aliphatic rings. The van der Waals surface area contributed by atoms with Gasteiger partial charge in [-0.3, -0.25) is 4.79 Å². The molecule has 0 bridgehead atoms. The van der Waals surface area contributed by atoms with Gasteiger partial charge in [-0.05, 0) is 31.8 Å². The van der Waals surface area contributed by atoms with E-state index in [1.807, 2.05) is 0 Å². The first-order valence-corrected chi connectivity index (χ1v) is 5.70. The highest BCUT2D eigenvalue weighted by Gasteiger charge is 2.14. The number of amides is 1. The molecule has 0 aliphatic carbocycles. The maximum Gasteiger partial charge on any atom is 0.245 e. The second-order valence-corrected chi connectivity index (χ2v) is 4.35. The lowest BCUT2D eigenvalue weighted by Crippen LogP contribution is -2.35. The van der Waals surface area contributed by atoms with Crippen molar-refractivity contribution in [1.82, 2.24) is 10.2 Å². The van der Waals surface area contributed by atoms with Crippen molar-refractivity contribution in [2.45, 2.75) is 19.8 Å². The molecular formula is C11H22N2O2. The standard InChI is InChI=1S/C11H22N2O2/c1-10(7-12-11(14)9-15-2)8-13-5-3-4-6-13/h10H,3-9H2,1-2H3,(H,12,14). The summed E-state index contributed by atoms with van der Waals surface area (Å²) in [5.74, 6) is 0.495. The Kier molecular flexibility index (Phi) is 5.65. The third-order valence-corrected chi connectivity index (χ3v) is 2.69. The molecule has 1 atom stereocenters. The second-order valence-electron chi connectivity index (χ2n) is 4.35. The number of likely N-dealkylation sites (tertiary alicyclic amines) is 1. The zero-order valence-corrected chi connectivity index (χ0v) is 9.79. The summed E-state index contributed by atoms with van der Waals surface area (Å²) in [6, 6.07) is 0. The molecule has 1 unspecified atom stereocenters. The second kappa shape index (κ2) is 6.80. The van der Waals surface area contributed by atoms with Crippen LogP contribution in [0.4, 0.5) is 0 Å². The van der Waals surface area contributed by atoms with Crippen LogP contribution in [0.5, 0.6) is 0 Å². The van der Waals surface area contributed by atoms with Gasteiger partial charge >= 0.3 is 0 Å². The van der Waals surface area contributed by atoms with Crippen molar-refractivity contribution in [3.8, 4) is 0 Å². The Bertz CT molecular complexity index is 191. The minimum Gasteiger partial charge on any atom is -0.375 e. The molecule has 15 heavy (non-hydrogen) atoms. The van der Waals surface area contributed by atoms with Gasteiger partial charge in [-0.2, -0.15) is 0 Å². The van der Waals surface area contributed by atoms with Crippen LogP contribution >= 0.6 is 0 Å². The minimum atomic E-state index is -0.0224. The fourth-order valence-electron chi connectivity index (χ4n) is 1.94. The number of carbonyl (C=O) groups excluding carboxylic acids is 1. The van der Waals surface area contributed by atoms with Crippen molar-refractivity contribution in [3.63, 3.8) is 0 Å². The van der Waals surface area contributed by atoms with Crippen molar-refractivity contribution < 1.29 is 9.53 Å². The van der Waals surface area contributed by atoms with E-state index in [0.717, 1.165) is 13.1 Å². The monoisotopic (exact) mass is 214 g/mol. The third-order valence-electron chi connectivity index (χ3n) is 2.69. The van der Waals surface area contributed by atoms with Crippen molar-refractivity contribution >= 4 is 5.91 Å². The largest absolute Gasteiger partial charge is 0.375 e. The topological polar surface area (TPSA) is 41.6 Å². The maximum absolute atomic E-state index is 11.1. The highest BCUT2D eigenvalue weighted by atomic mass is 16.5. The molecule has 4 nitrogen and oxygen atoms in total. The molecule has 4 heteroatoms. The molecule has 1 fully saturated rings. The molecule has 1 saturated heterocycles. The number of rotatable bonds is 6. The van der Waals surface area contributed by atoms with E-state index in [0.29, 0.717) is 5.92 Å². The van der Waals surface area contributed by atoms with Gasteiger partial charge in [0.1, 0.15) is 6.61 Å². The highest BCUT2D eigenvalue weighted by molar-refractivity contribution is 5.77. The molecule has 1 aliphatic heterocycles. The summed E-state index contributed by atoms with van der Waals surface area (Å²) in [7, 11) is 1.53. The molecule has 0 spiro atoms. The fraction of sp³-hybridized carbons (Fsp3) is 0.909. The SMILES string of the molecule is COCC(=O)NCC(C)CN1CCCC1. The summed E-state index contributed by atoms with van der Waals surface area (Å²) in [4.78, 5) is 13.6. The van der Waals surface area contributed by atoms with Crippen LogP contribution in [0.3, 0.4) is 0 Å². The first-order chi connectivity index (χ1) is 7.22. The Morgan fingerprint density at radius 1 is 1.47 bits per heavy atom. The molecule has 1 rings (SSSR count). The Labute approximate surface area is 92.0 Å². The van der Waals surface area contributed by atoms with Crippen molar-refractivity contribution in [2.24, 2.45) is 5.92 Å². The van der Waals surface area contributed by atoms with Crippen LogP contribution in [0.1, 0.15) is 19.8 Å². The summed E-state index contributed by atoms with van der Waals surface area (Å²) in [5.41, 5.74) is 0. The molecule has 1 N–H and O–H groups in total. The van der Waals surface area contributed by atoms with E-state index in [1.165, 1.54) is 33.0 Å². The number of methoxy groups -OCH3 is 1. The Balaban J connectivity index is 2.07. The molecule has 0 saturated carbocycles. The van der Waals surface area contributed by atoms with Crippen molar-refractivity contribution in [1.29, 1.82) is 0 Å². The summed E-state index contributed by atoms with van der Waals surface area (Å²) >= 11 is 0. The first-order valence-electron chi connectivity index (χ1n) is 5.70. The highest BCUT2D eigenvalue weighted by Crippen LogP contribution is 2.09. The molecule has 0 aromatic heterocycles. The van der Waals surface area contributed by atoms with Crippen LogP contribution in [0, 0.1) is 5.92 Å². The molecule has 0 radical (unpaired) electrons. The van der Waals surface area contributed by atoms with Crippen molar-refractivity contribution in [2.75, 3.05) is 39.9 Å². The molecule has 88 valence electrons. The lowest BCUT2D eigenvalue weighted by Gasteiger charge is -2.20. The lowest BCUT2D eigenvalue weighted by atomic mass is 10.1. The molecule has 0 aromatic carbocycles. The summed E-state index contributed by atoms with van der Waals surface area (Å²) in [6.45, 7) is 6.61. The van der Waals surface area contributed by atoms with Gasteiger partial charge in [0.15, 0.2) is 0 Å². The quantitative estimate of drug-likeness (QED) is 0.699. The normalized spacial score (nSPS) is 19.1. The average molecular weight is 214 g/mol. The van der Waals surface area contributed by atoms with Gasteiger partial charge < -0.3 is 15.0 Å². The zero-order valence-electron chi connectivity index (χ0n) is 9.79. The van der Waals surface area contributed by atoms with E-state index in [2.05, 4.69) is 17.1 Å². The van der Waals surface area contributed by atoms with Crippen LogP contribution in [-0.2, 0) is 9.53 Å². The summed E-state index contributed by atoms with van der Waals surface area (Å²) in [6.07, 6.45) is 2.64. The first kappa shape index (κ1) is 12.5. The van der Waals surface area contributed by atoms with Crippen LogP contribution in [0.25, 0.3) is 0 Å². The van der Waals surface area contributed by atoms with E-state index >= 15 is 0 Å². The van der Waals surface area contributed by atoms with E-state index < -0.39 is 0 Å². The van der Waals surface area contributed by atoms with Crippen LogP contribution in [-0.4, -0.2) is 50.7 Å². The van der Waals surface area contributed by atoms with Crippen LogP contribution in [0.15, 0.2) is 0 Å². The van der Waals surface area contributed by atoms with Gasteiger partial charge in [0.2, 0.25) is 5.91 Å². The van der Waals surface area contributed by atoms with Gasteiger partial charge in [0.05, 0.1) is 0 Å². The van der Waals surface area contributed by atoms with Crippen LogP contribution in [0.2, 0.25) is 0 Å². The number of hydrogen-bond donors (Lipinski definition) is 1. The average Bonchev–Trinajstić information content (AvgIpc) is 2.68. The number of ether oxygens (including phenoxy) is 1. The summed E-state index contributed by atoms with van der Waals surface area (Å²) < 4.78 is 4.75. The Morgan fingerprint density at radius 2 is 2.13 bits per heavy atom. The number of nitrogens with one attached hydrogen (secondary N) is 1. The Hall–Kier alpha value is -0.610. The van der Waals surface area contributed by atoms with E-state index in [9.17, 15) is 4.79 Å². The molecule has 1 amide bonds. The van der Waals surface area contributed by atoms with Crippen LogP contribution < -0.4 is 5.32 Å². The smallest absolute Gasteiger partial charge is 0.245 e. The fourth-order valence-corrected chi connectivity index (χ4v) is 1.94. The molecule has 0 aromatic rings. The number of hydrogen-bond acceptors (Lipinski definition) is 3. The van der Waals surface area contributed by atoms with Gasteiger partial charge in [-0.15, -0.1) is 0 Å². The zero-order chi connectivity index (χ0) is 11.1. The Morgan fingerprint density at radius 3 is 2.73 bits per heavy atom. The van der Waals surface area contributed by atoms with Gasteiger partial charge in [0.25, 0.3) is 0 Å². The number of nitrogens with zero attached hydrogens (tertiary/aromatic N) is 1. The maximum atomic E-state index is 11.1. The van der Waals surface area contributed by atoms with Gasteiger partial charge in [0, 0.05) is 20.2 Å². The van der Waals surface area contributed by atoms with E-state index in [1.54, 1.807) is 0 Å². The predicted octanol–water partition coefficient (Wildman–Crippen LogP) is 0.481. The lowest BCUT2D eigenvalue weighted by molar-refractivity contribution is -0.124. The molecular weight excluding hydrogens is 192 g/mol. The number of carbonyl (C=O) groups is 1. The summed E-state index contributed by atoms with van der Waals surface area (Å²) in [5, 5.41) is 2.87. The molecule has 1 heterocycles. The third kappa shape index (κ3) is 5.14. The van der Waals surface area contributed by atoms with Gasteiger partial charge in [-0.1, -0.05) is 6.92 Å².